The summed E-state index contributed by atoms with van der Waals surface area (Å²) in [7, 11) is 1.63. The predicted octanol–water partition coefficient (Wildman–Crippen LogP) is 1.45. The summed E-state index contributed by atoms with van der Waals surface area (Å²) in [4.78, 5) is 14.7. The van der Waals surface area contributed by atoms with E-state index in [0.29, 0.717) is 6.42 Å². The largest absolute Gasteiger partial charge is 0.480 e. The monoisotopic (exact) mass is 340 g/mol. The van der Waals surface area contributed by atoms with Crippen LogP contribution in [0.25, 0.3) is 0 Å². The van der Waals surface area contributed by atoms with Gasteiger partial charge in [0, 0.05) is 18.3 Å². The maximum atomic E-state index is 10.6. The molecule has 0 aliphatic heterocycles. The Balaban J connectivity index is 0. The number of aliphatic carboxylic acids is 1. The minimum Gasteiger partial charge on any atom is -0.480 e. The Morgan fingerprint density at radius 1 is 1.53 bits per heavy atom. The molecule has 0 saturated carbocycles. The van der Waals surface area contributed by atoms with Crippen LogP contribution in [0.4, 0.5) is 0 Å². The minimum atomic E-state index is -0.854. The highest BCUT2D eigenvalue weighted by molar-refractivity contribution is 8.93. The smallest absolute Gasteiger partial charge is 0.321 e. The number of pyridine rings is 1. The zero-order chi connectivity index (χ0) is 9.68. The van der Waals surface area contributed by atoms with Crippen molar-refractivity contribution >= 4 is 39.9 Å². The third kappa shape index (κ3) is 5.86. The summed E-state index contributed by atoms with van der Waals surface area (Å²) in [5.41, 5.74) is 0.782. The number of nitrogens with zero attached hydrogens (tertiary/aromatic N) is 1. The van der Waals surface area contributed by atoms with Crippen molar-refractivity contribution < 1.29 is 9.90 Å². The first-order valence-electron chi connectivity index (χ1n) is 4.04. The molecule has 1 rings (SSSR count). The van der Waals surface area contributed by atoms with Gasteiger partial charge in [-0.2, -0.15) is 0 Å². The van der Waals surface area contributed by atoms with Crippen molar-refractivity contribution in [1.29, 1.82) is 0 Å². The third-order valence-electron chi connectivity index (χ3n) is 1.79. The lowest BCUT2D eigenvalue weighted by Gasteiger charge is -2.09. The fourth-order valence-corrected chi connectivity index (χ4v) is 1.04. The molecule has 0 radical (unpaired) electrons. The highest BCUT2D eigenvalue weighted by atomic mass is 79.9. The quantitative estimate of drug-likeness (QED) is 0.870. The Morgan fingerprint density at radius 3 is 2.60 bits per heavy atom. The number of carbonyl (C=O) groups is 1. The summed E-state index contributed by atoms with van der Waals surface area (Å²) in [5, 5.41) is 11.5. The van der Waals surface area contributed by atoms with Crippen LogP contribution in [0.3, 0.4) is 0 Å². The molecule has 0 saturated heterocycles. The first-order valence-corrected chi connectivity index (χ1v) is 4.04. The molecule has 15 heavy (non-hydrogen) atoms. The molecule has 1 atom stereocenters. The van der Waals surface area contributed by atoms with Crippen molar-refractivity contribution in [1.82, 2.24) is 10.3 Å². The second-order valence-corrected chi connectivity index (χ2v) is 2.70. The molecule has 0 aromatic carbocycles. The SMILES string of the molecule is Br.Br.CN[C@@H](Cc1ccccn1)C(=O)O. The maximum absolute atomic E-state index is 10.6. The van der Waals surface area contributed by atoms with E-state index in [1.807, 2.05) is 12.1 Å². The van der Waals surface area contributed by atoms with Crippen LogP contribution >= 0.6 is 34.0 Å². The molecule has 1 aromatic heterocycles. The number of nitrogens with one attached hydrogen (secondary N) is 1. The topological polar surface area (TPSA) is 62.2 Å². The maximum Gasteiger partial charge on any atom is 0.321 e. The lowest BCUT2D eigenvalue weighted by Crippen LogP contribution is -2.35. The Hall–Kier alpha value is -0.460. The standard InChI is InChI=1S/C9H12N2O2.2BrH/c1-10-8(9(12)13)6-7-4-2-3-5-11-7;;/h2-5,8,10H,6H2,1H3,(H,12,13);2*1H/t8-;;/m0../s1. The van der Waals surface area contributed by atoms with Crippen molar-refractivity contribution in [2.24, 2.45) is 0 Å². The Bertz CT molecular complexity index is 283. The average molecular weight is 342 g/mol. The van der Waals surface area contributed by atoms with Gasteiger partial charge in [-0.05, 0) is 19.2 Å². The molecule has 0 aliphatic carbocycles. The van der Waals surface area contributed by atoms with Gasteiger partial charge in [0.05, 0.1) is 0 Å². The van der Waals surface area contributed by atoms with Crippen LogP contribution < -0.4 is 5.32 Å². The van der Waals surface area contributed by atoms with E-state index >= 15 is 0 Å². The van der Waals surface area contributed by atoms with Gasteiger partial charge in [0.15, 0.2) is 0 Å². The van der Waals surface area contributed by atoms with E-state index in [1.54, 1.807) is 19.3 Å². The zero-order valence-electron chi connectivity index (χ0n) is 8.21. The van der Waals surface area contributed by atoms with Gasteiger partial charge >= 0.3 is 5.97 Å². The van der Waals surface area contributed by atoms with Crippen LogP contribution in [0.2, 0.25) is 0 Å². The van der Waals surface area contributed by atoms with E-state index in [1.165, 1.54) is 0 Å². The number of aromatic nitrogens is 1. The fraction of sp³-hybridized carbons (Fsp3) is 0.333. The molecule has 0 spiro atoms. The van der Waals surface area contributed by atoms with Gasteiger partial charge in [-0.1, -0.05) is 6.07 Å². The van der Waals surface area contributed by atoms with Crippen LogP contribution in [0, 0.1) is 0 Å². The average Bonchev–Trinajstić information content (AvgIpc) is 2.15. The number of carboxylic acids is 1. The molecular formula is C9H14Br2N2O2. The van der Waals surface area contributed by atoms with E-state index < -0.39 is 12.0 Å². The molecule has 1 heterocycles. The number of hydrogen-bond acceptors (Lipinski definition) is 3. The molecule has 86 valence electrons. The molecule has 0 fully saturated rings. The molecule has 0 unspecified atom stereocenters. The Morgan fingerprint density at radius 2 is 2.20 bits per heavy atom. The lowest BCUT2D eigenvalue weighted by atomic mass is 10.1. The minimum absolute atomic E-state index is 0. The van der Waals surface area contributed by atoms with E-state index in [-0.39, 0.29) is 34.0 Å². The molecule has 0 bridgehead atoms. The van der Waals surface area contributed by atoms with Gasteiger partial charge in [0.25, 0.3) is 0 Å². The third-order valence-corrected chi connectivity index (χ3v) is 1.79. The summed E-state index contributed by atoms with van der Waals surface area (Å²) < 4.78 is 0. The summed E-state index contributed by atoms with van der Waals surface area (Å²) >= 11 is 0. The van der Waals surface area contributed by atoms with Crippen LogP contribution in [0.15, 0.2) is 24.4 Å². The molecule has 1 aromatic rings. The van der Waals surface area contributed by atoms with Crippen LogP contribution in [-0.2, 0) is 11.2 Å². The predicted molar refractivity (Wildman–Crippen MR) is 69.1 cm³/mol. The Kier molecular flexibility index (Phi) is 9.96. The number of likely N-dealkylation sites (N-methyl/N-ethyl adjacent to an activating group) is 1. The van der Waals surface area contributed by atoms with E-state index in [4.69, 9.17) is 5.11 Å². The number of hydrogen-bond donors (Lipinski definition) is 2. The van der Waals surface area contributed by atoms with Crippen LogP contribution in [-0.4, -0.2) is 29.1 Å². The van der Waals surface area contributed by atoms with Gasteiger partial charge in [0.2, 0.25) is 0 Å². The van der Waals surface area contributed by atoms with Crippen molar-refractivity contribution in [2.45, 2.75) is 12.5 Å². The van der Waals surface area contributed by atoms with Crippen LogP contribution in [0.1, 0.15) is 5.69 Å². The van der Waals surface area contributed by atoms with Gasteiger partial charge < -0.3 is 10.4 Å². The first kappa shape index (κ1) is 17.0. The molecule has 0 aliphatic rings. The number of halogens is 2. The first-order chi connectivity index (χ1) is 6.24. The van der Waals surface area contributed by atoms with Gasteiger partial charge in [-0.15, -0.1) is 34.0 Å². The second kappa shape index (κ2) is 8.82. The summed E-state index contributed by atoms with van der Waals surface area (Å²) in [6, 6.07) is 4.90. The fourth-order valence-electron chi connectivity index (χ4n) is 1.04. The normalized spacial score (nSPS) is 10.7. The van der Waals surface area contributed by atoms with Crippen molar-refractivity contribution in [3.63, 3.8) is 0 Å². The molecule has 2 N–H and O–H groups in total. The lowest BCUT2D eigenvalue weighted by molar-refractivity contribution is -0.139. The summed E-state index contributed by atoms with van der Waals surface area (Å²) in [5.74, 6) is -0.854. The molecule has 4 nitrogen and oxygen atoms in total. The Labute approximate surface area is 110 Å². The van der Waals surface area contributed by atoms with Crippen molar-refractivity contribution in [2.75, 3.05) is 7.05 Å². The summed E-state index contributed by atoms with van der Waals surface area (Å²) in [6.45, 7) is 0. The highest BCUT2D eigenvalue weighted by Crippen LogP contribution is 1.98. The van der Waals surface area contributed by atoms with E-state index in [2.05, 4.69) is 10.3 Å². The second-order valence-electron chi connectivity index (χ2n) is 2.70. The number of rotatable bonds is 4. The van der Waals surface area contributed by atoms with Crippen molar-refractivity contribution in [3.05, 3.63) is 30.1 Å². The van der Waals surface area contributed by atoms with Gasteiger partial charge in [0.1, 0.15) is 6.04 Å². The highest BCUT2D eigenvalue weighted by Gasteiger charge is 2.15. The summed E-state index contributed by atoms with van der Waals surface area (Å²) in [6.07, 6.45) is 2.07. The van der Waals surface area contributed by atoms with E-state index in [0.717, 1.165) is 5.69 Å². The van der Waals surface area contributed by atoms with E-state index in [9.17, 15) is 4.79 Å². The number of carboxylic acid groups (broad SMARTS) is 1. The van der Waals surface area contributed by atoms with Crippen LogP contribution in [0.5, 0.6) is 0 Å². The molecule has 6 heteroatoms. The van der Waals surface area contributed by atoms with Gasteiger partial charge in [-0.25, -0.2) is 0 Å². The van der Waals surface area contributed by atoms with Crippen molar-refractivity contribution in [3.8, 4) is 0 Å². The van der Waals surface area contributed by atoms with Gasteiger partial charge in [-0.3, -0.25) is 9.78 Å². The molecule has 0 amide bonds. The molecular weight excluding hydrogens is 328 g/mol. The zero-order valence-corrected chi connectivity index (χ0v) is 11.6.